The van der Waals surface area contributed by atoms with Gasteiger partial charge in [0.15, 0.2) is 0 Å². The van der Waals surface area contributed by atoms with Gasteiger partial charge in [-0.3, -0.25) is 0 Å². The van der Waals surface area contributed by atoms with Crippen molar-refractivity contribution in [2.24, 2.45) is 17.8 Å². The molecule has 16 heavy (non-hydrogen) atoms. The van der Waals surface area contributed by atoms with Crippen LogP contribution in [0.4, 0.5) is 0 Å². The SMILES string of the molecule is CCC(C)/C=C(/C#N)C(CC#N)C(C)CC. The average Bonchev–Trinajstić information content (AvgIpc) is 2.32. The standard InChI is InChI=1S/C14H22N2/c1-5-11(3)9-13(10-16)14(7-8-15)12(4)6-2/h9,11-12,14H,5-7H2,1-4H3/b13-9-. The fourth-order valence-corrected chi connectivity index (χ4v) is 1.67. The minimum atomic E-state index is 0.106. The lowest BCUT2D eigenvalue weighted by molar-refractivity contribution is 0.408. The second-order valence-electron chi connectivity index (χ2n) is 4.47. The van der Waals surface area contributed by atoms with E-state index in [4.69, 9.17) is 5.26 Å². The number of rotatable bonds is 6. The summed E-state index contributed by atoms with van der Waals surface area (Å²) >= 11 is 0. The van der Waals surface area contributed by atoms with Gasteiger partial charge in [0.25, 0.3) is 0 Å². The monoisotopic (exact) mass is 218 g/mol. The van der Waals surface area contributed by atoms with Crippen LogP contribution in [0.3, 0.4) is 0 Å². The van der Waals surface area contributed by atoms with E-state index in [1.807, 2.05) is 6.08 Å². The van der Waals surface area contributed by atoms with E-state index >= 15 is 0 Å². The third-order valence-electron chi connectivity index (χ3n) is 3.28. The van der Waals surface area contributed by atoms with Gasteiger partial charge in [0.05, 0.1) is 12.1 Å². The molecule has 0 N–H and O–H groups in total. The first-order valence-electron chi connectivity index (χ1n) is 6.09. The molecule has 0 aromatic carbocycles. The molecule has 0 fully saturated rings. The maximum atomic E-state index is 9.18. The highest BCUT2D eigenvalue weighted by Crippen LogP contribution is 2.27. The summed E-state index contributed by atoms with van der Waals surface area (Å²) < 4.78 is 0. The zero-order valence-corrected chi connectivity index (χ0v) is 10.8. The second kappa shape index (κ2) is 7.94. The number of nitriles is 2. The van der Waals surface area contributed by atoms with Crippen LogP contribution < -0.4 is 0 Å². The van der Waals surface area contributed by atoms with Crippen LogP contribution in [0.2, 0.25) is 0 Å². The molecule has 0 aliphatic rings. The van der Waals surface area contributed by atoms with Gasteiger partial charge >= 0.3 is 0 Å². The predicted molar refractivity (Wildman–Crippen MR) is 66.3 cm³/mol. The molecule has 88 valence electrons. The first-order chi connectivity index (χ1) is 7.60. The Morgan fingerprint density at radius 2 is 1.81 bits per heavy atom. The molecule has 0 spiro atoms. The highest BCUT2D eigenvalue weighted by Gasteiger charge is 2.20. The van der Waals surface area contributed by atoms with Crippen LogP contribution in [0.5, 0.6) is 0 Å². The Morgan fingerprint density at radius 3 is 2.19 bits per heavy atom. The van der Waals surface area contributed by atoms with Gasteiger partial charge in [-0.05, 0) is 11.8 Å². The first-order valence-corrected chi connectivity index (χ1v) is 6.09. The van der Waals surface area contributed by atoms with Crippen molar-refractivity contribution in [1.29, 1.82) is 10.5 Å². The molecule has 0 rings (SSSR count). The molecule has 0 radical (unpaired) electrons. The second-order valence-corrected chi connectivity index (χ2v) is 4.47. The Kier molecular flexibility index (Phi) is 7.31. The molecule has 0 heterocycles. The minimum absolute atomic E-state index is 0.106. The molecule has 3 unspecified atom stereocenters. The van der Waals surface area contributed by atoms with Gasteiger partial charge in [-0.25, -0.2) is 0 Å². The largest absolute Gasteiger partial charge is 0.198 e. The minimum Gasteiger partial charge on any atom is -0.198 e. The fourth-order valence-electron chi connectivity index (χ4n) is 1.67. The molecule has 0 aromatic rings. The van der Waals surface area contributed by atoms with E-state index in [-0.39, 0.29) is 5.92 Å². The Balaban J connectivity index is 4.94. The van der Waals surface area contributed by atoms with Crippen molar-refractivity contribution in [3.63, 3.8) is 0 Å². The molecule has 0 aliphatic heterocycles. The quantitative estimate of drug-likeness (QED) is 0.631. The van der Waals surface area contributed by atoms with E-state index in [0.717, 1.165) is 18.4 Å². The third kappa shape index (κ3) is 4.49. The van der Waals surface area contributed by atoms with Gasteiger partial charge in [-0.2, -0.15) is 10.5 Å². The summed E-state index contributed by atoms with van der Waals surface area (Å²) in [5.74, 6) is 0.920. The van der Waals surface area contributed by atoms with E-state index in [1.54, 1.807) is 0 Å². The molecule has 0 aliphatic carbocycles. The van der Waals surface area contributed by atoms with Crippen LogP contribution in [-0.4, -0.2) is 0 Å². The fraction of sp³-hybridized carbons (Fsp3) is 0.714. The predicted octanol–water partition coefficient (Wildman–Crippen LogP) is 4.06. The van der Waals surface area contributed by atoms with Crippen LogP contribution in [0.25, 0.3) is 0 Å². The number of allylic oxidation sites excluding steroid dienone is 2. The Morgan fingerprint density at radius 1 is 1.19 bits per heavy atom. The molecular weight excluding hydrogens is 196 g/mol. The van der Waals surface area contributed by atoms with Crippen molar-refractivity contribution < 1.29 is 0 Å². The summed E-state index contributed by atoms with van der Waals surface area (Å²) in [6.45, 7) is 8.44. The maximum Gasteiger partial charge on any atom is 0.0947 e. The van der Waals surface area contributed by atoms with Gasteiger partial charge in [-0.15, -0.1) is 0 Å². The highest BCUT2D eigenvalue weighted by molar-refractivity contribution is 5.26. The first kappa shape index (κ1) is 14.7. The topological polar surface area (TPSA) is 47.6 Å². The maximum absolute atomic E-state index is 9.18. The van der Waals surface area contributed by atoms with Crippen LogP contribution in [0, 0.1) is 40.4 Å². The van der Waals surface area contributed by atoms with E-state index in [0.29, 0.717) is 18.3 Å². The van der Waals surface area contributed by atoms with E-state index in [9.17, 15) is 5.26 Å². The summed E-state index contributed by atoms with van der Waals surface area (Å²) in [6, 6.07) is 4.47. The summed E-state index contributed by atoms with van der Waals surface area (Å²) in [7, 11) is 0. The van der Waals surface area contributed by atoms with Crippen molar-refractivity contribution in [3.05, 3.63) is 11.6 Å². The van der Waals surface area contributed by atoms with Crippen LogP contribution in [0.1, 0.15) is 47.0 Å². The molecule has 2 nitrogen and oxygen atoms in total. The van der Waals surface area contributed by atoms with Crippen molar-refractivity contribution in [2.45, 2.75) is 47.0 Å². The van der Waals surface area contributed by atoms with Crippen LogP contribution >= 0.6 is 0 Å². The highest BCUT2D eigenvalue weighted by atomic mass is 14.3. The van der Waals surface area contributed by atoms with Crippen molar-refractivity contribution in [3.8, 4) is 12.1 Å². The van der Waals surface area contributed by atoms with Gasteiger partial charge < -0.3 is 0 Å². The van der Waals surface area contributed by atoms with Crippen LogP contribution in [-0.2, 0) is 0 Å². The van der Waals surface area contributed by atoms with E-state index in [1.165, 1.54) is 0 Å². The number of nitrogens with zero attached hydrogens (tertiary/aromatic N) is 2. The van der Waals surface area contributed by atoms with Gasteiger partial charge in [-0.1, -0.05) is 46.6 Å². The summed E-state index contributed by atoms with van der Waals surface area (Å²) in [5, 5.41) is 18.0. The Bertz CT molecular complexity index is 304. The Labute approximate surface area is 99.6 Å². The van der Waals surface area contributed by atoms with Gasteiger partial charge in [0.1, 0.15) is 0 Å². The zero-order valence-electron chi connectivity index (χ0n) is 10.8. The smallest absolute Gasteiger partial charge is 0.0947 e. The zero-order chi connectivity index (χ0) is 12.6. The molecule has 2 heteroatoms. The molecule has 3 atom stereocenters. The molecular formula is C14H22N2. The lowest BCUT2D eigenvalue weighted by atomic mass is 9.82. The van der Waals surface area contributed by atoms with Gasteiger partial charge in [0, 0.05) is 17.9 Å². The van der Waals surface area contributed by atoms with E-state index < -0.39 is 0 Å². The van der Waals surface area contributed by atoms with E-state index in [2.05, 4.69) is 39.8 Å². The Hall–Kier alpha value is -1.28. The molecule has 0 aromatic heterocycles. The van der Waals surface area contributed by atoms with Crippen molar-refractivity contribution >= 4 is 0 Å². The number of hydrogen-bond acceptors (Lipinski definition) is 2. The van der Waals surface area contributed by atoms with Gasteiger partial charge in [0.2, 0.25) is 0 Å². The van der Waals surface area contributed by atoms with Crippen molar-refractivity contribution in [2.75, 3.05) is 0 Å². The normalized spacial score (nSPS) is 17.0. The molecule has 0 saturated heterocycles. The molecule has 0 bridgehead atoms. The number of hydrogen-bond donors (Lipinski definition) is 0. The molecule has 0 amide bonds. The summed E-state index contributed by atoms with van der Waals surface area (Å²) in [6.07, 6.45) is 4.52. The third-order valence-corrected chi connectivity index (χ3v) is 3.28. The summed E-state index contributed by atoms with van der Waals surface area (Å²) in [5.41, 5.74) is 0.797. The van der Waals surface area contributed by atoms with Crippen molar-refractivity contribution in [1.82, 2.24) is 0 Å². The summed E-state index contributed by atoms with van der Waals surface area (Å²) in [4.78, 5) is 0. The lowest BCUT2D eigenvalue weighted by Gasteiger charge is -2.20. The lowest BCUT2D eigenvalue weighted by Crippen LogP contribution is -2.13. The average molecular weight is 218 g/mol. The van der Waals surface area contributed by atoms with Crippen LogP contribution in [0.15, 0.2) is 11.6 Å². The molecule has 0 saturated carbocycles.